The minimum Gasteiger partial charge on any atom is -0.493 e. The summed E-state index contributed by atoms with van der Waals surface area (Å²) in [4.78, 5) is 0. The molecule has 0 radical (unpaired) electrons. The van der Waals surface area contributed by atoms with Crippen molar-refractivity contribution >= 4 is 16.6 Å². The molecule has 2 aromatic carbocycles. The van der Waals surface area contributed by atoms with E-state index in [9.17, 15) is 0 Å². The maximum Gasteiger partial charge on any atom is 0.231 e. The Hall–Kier alpha value is -2.89. The van der Waals surface area contributed by atoms with Gasteiger partial charge in [-0.1, -0.05) is 0 Å². The maximum absolute atomic E-state index is 5.44. The van der Waals surface area contributed by atoms with Gasteiger partial charge in [-0.25, -0.2) is 0 Å². The van der Waals surface area contributed by atoms with E-state index in [1.54, 1.807) is 7.11 Å². The molecule has 3 aromatic rings. The topological polar surface area (TPSA) is 68.4 Å². The number of methoxy groups -OCH3 is 1. The number of nitrogens with zero attached hydrogens (tertiary/aromatic N) is 1. The maximum atomic E-state index is 5.44. The Morgan fingerprint density at radius 3 is 3.14 bits per heavy atom. The molecule has 0 atom stereocenters. The van der Waals surface area contributed by atoms with Gasteiger partial charge < -0.3 is 19.5 Å². The molecule has 0 unspecified atom stereocenters. The van der Waals surface area contributed by atoms with Crippen molar-refractivity contribution in [2.75, 3.05) is 19.2 Å². The van der Waals surface area contributed by atoms with Crippen LogP contribution in [0.3, 0.4) is 0 Å². The molecule has 2 N–H and O–H groups in total. The third kappa shape index (κ3) is 2.18. The summed E-state index contributed by atoms with van der Waals surface area (Å²) in [6.07, 6.45) is 1.81. The van der Waals surface area contributed by atoms with Gasteiger partial charge >= 0.3 is 0 Å². The first-order chi connectivity index (χ1) is 10.8. The standard InChI is InChI=1S/C16H15N3O3/c1-20-14-4-10(5-15-16(14)22-9-21-15)7-17-12-2-3-13-11(6-12)8-18-19-13/h2-6,8,17H,7,9H2,1H3,(H,18,19). The van der Waals surface area contributed by atoms with E-state index in [0.29, 0.717) is 18.0 Å². The van der Waals surface area contributed by atoms with Crippen LogP contribution in [0.15, 0.2) is 36.5 Å². The highest BCUT2D eigenvalue weighted by Crippen LogP contribution is 2.41. The van der Waals surface area contributed by atoms with Gasteiger partial charge in [0.1, 0.15) is 0 Å². The van der Waals surface area contributed by atoms with E-state index in [4.69, 9.17) is 14.2 Å². The van der Waals surface area contributed by atoms with E-state index in [1.807, 2.05) is 30.5 Å². The average Bonchev–Trinajstić information content (AvgIpc) is 3.20. The van der Waals surface area contributed by atoms with Gasteiger partial charge in [-0.05, 0) is 35.9 Å². The summed E-state index contributed by atoms with van der Waals surface area (Å²) in [5, 5.41) is 11.4. The van der Waals surface area contributed by atoms with Gasteiger partial charge in [-0.15, -0.1) is 0 Å². The average molecular weight is 297 g/mol. The Bertz CT molecular complexity index is 829. The molecular weight excluding hydrogens is 282 g/mol. The van der Waals surface area contributed by atoms with Gasteiger partial charge in [-0.3, -0.25) is 5.10 Å². The third-order valence-corrected chi connectivity index (χ3v) is 3.66. The van der Waals surface area contributed by atoms with Gasteiger partial charge in [0.15, 0.2) is 11.5 Å². The van der Waals surface area contributed by atoms with Crippen LogP contribution in [0.4, 0.5) is 5.69 Å². The number of anilines is 1. The zero-order valence-electron chi connectivity index (χ0n) is 12.1. The van der Waals surface area contributed by atoms with Crippen LogP contribution in [-0.2, 0) is 6.54 Å². The van der Waals surface area contributed by atoms with Crippen LogP contribution in [0, 0.1) is 0 Å². The summed E-state index contributed by atoms with van der Waals surface area (Å²) in [6, 6.07) is 10.0. The van der Waals surface area contributed by atoms with Crippen LogP contribution >= 0.6 is 0 Å². The van der Waals surface area contributed by atoms with Gasteiger partial charge in [0.25, 0.3) is 0 Å². The van der Waals surface area contributed by atoms with Gasteiger partial charge in [0.2, 0.25) is 12.5 Å². The number of ether oxygens (including phenoxy) is 3. The van der Waals surface area contributed by atoms with Crippen LogP contribution in [0.2, 0.25) is 0 Å². The molecule has 6 heteroatoms. The fourth-order valence-corrected chi connectivity index (χ4v) is 2.54. The largest absolute Gasteiger partial charge is 0.493 e. The molecule has 6 nitrogen and oxygen atoms in total. The number of fused-ring (bicyclic) bond motifs is 2. The lowest BCUT2D eigenvalue weighted by molar-refractivity contribution is 0.171. The second kappa shape index (κ2) is 5.14. The molecule has 0 aliphatic carbocycles. The molecule has 22 heavy (non-hydrogen) atoms. The molecule has 0 saturated heterocycles. The highest BCUT2D eigenvalue weighted by atomic mass is 16.7. The summed E-state index contributed by atoms with van der Waals surface area (Å²) in [5.41, 5.74) is 3.12. The van der Waals surface area contributed by atoms with Crippen molar-refractivity contribution in [3.63, 3.8) is 0 Å². The molecule has 0 fully saturated rings. The molecule has 112 valence electrons. The lowest BCUT2D eigenvalue weighted by atomic mass is 10.1. The fraction of sp³-hybridized carbons (Fsp3) is 0.188. The SMILES string of the molecule is COc1cc(CNc2ccc3[nH]ncc3c2)cc2c1OCO2. The number of H-pyrrole nitrogens is 1. The van der Waals surface area contributed by atoms with Crippen LogP contribution in [-0.4, -0.2) is 24.1 Å². The quantitative estimate of drug-likeness (QED) is 0.775. The first-order valence-corrected chi connectivity index (χ1v) is 6.97. The number of aromatic amines is 1. The van der Waals surface area contributed by atoms with E-state index < -0.39 is 0 Å². The number of hydrogen-bond acceptors (Lipinski definition) is 5. The monoisotopic (exact) mass is 297 g/mol. The van der Waals surface area contributed by atoms with Crippen molar-refractivity contribution in [2.24, 2.45) is 0 Å². The molecule has 1 aliphatic heterocycles. The Balaban J connectivity index is 1.56. The van der Waals surface area contributed by atoms with Crippen molar-refractivity contribution in [2.45, 2.75) is 6.54 Å². The predicted octanol–water partition coefficient (Wildman–Crippen LogP) is 2.91. The Labute approximate surface area is 127 Å². The van der Waals surface area contributed by atoms with Crippen molar-refractivity contribution in [1.29, 1.82) is 0 Å². The van der Waals surface area contributed by atoms with Crippen LogP contribution < -0.4 is 19.5 Å². The number of rotatable bonds is 4. The number of benzene rings is 2. The second-order valence-electron chi connectivity index (χ2n) is 5.06. The third-order valence-electron chi connectivity index (χ3n) is 3.66. The summed E-state index contributed by atoms with van der Waals surface area (Å²) in [7, 11) is 1.63. The molecule has 4 rings (SSSR count). The molecular formula is C16H15N3O3. The van der Waals surface area contributed by atoms with Crippen molar-refractivity contribution in [3.8, 4) is 17.2 Å². The summed E-state index contributed by atoms with van der Waals surface area (Å²) in [5.74, 6) is 2.09. The van der Waals surface area contributed by atoms with Crippen LogP contribution in [0.25, 0.3) is 10.9 Å². The van der Waals surface area contributed by atoms with E-state index in [-0.39, 0.29) is 6.79 Å². The predicted molar refractivity (Wildman–Crippen MR) is 82.5 cm³/mol. The van der Waals surface area contributed by atoms with Crippen LogP contribution in [0.1, 0.15) is 5.56 Å². The first kappa shape index (κ1) is 12.8. The second-order valence-corrected chi connectivity index (χ2v) is 5.06. The molecule has 0 amide bonds. The van der Waals surface area contributed by atoms with Gasteiger partial charge in [0.05, 0.1) is 18.8 Å². The molecule has 0 spiro atoms. The number of hydrogen-bond donors (Lipinski definition) is 2. The fourth-order valence-electron chi connectivity index (χ4n) is 2.54. The molecule has 0 bridgehead atoms. The minimum absolute atomic E-state index is 0.236. The van der Waals surface area contributed by atoms with Gasteiger partial charge in [-0.2, -0.15) is 5.10 Å². The van der Waals surface area contributed by atoms with Crippen molar-refractivity contribution in [1.82, 2.24) is 10.2 Å². The summed E-state index contributed by atoms with van der Waals surface area (Å²) in [6.45, 7) is 0.899. The molecule has 1 aromatic heterocycles. The van der Waals surface area contributed by atoms with Crippen LogP contribution in [0.5, 0.6) is 17.2 Å². The van der Waals surface area contributed by atoms with E-state index in [1.165, 1.54) is 0 Å². The number of aromatic nitrogens is 2. The zero-order chi connectivity index (χ0) is 14.9. The molecule has 0 saturated carbocycles. The smallest absolute Gasteiger partial charge is 0.231 e. The minimum atomic E-state index is 0.236. The molecule has 2 heterocycles. The summed E-state index contributed by atoms with van der Waals surface area (Å²) >= 11 is 0. The van der Waals surface area contributed by atoms with Crippen molar-refractivity contribution < 1.29 is 14.2 Å². The summed E-state index contributed by atoms with van der Waals surface area (Å²) < 4.78 is 16.2. The lowest BCUT2D eigenvalue weighted by Gasteiger charge is -2.10. The highest BCUT2D eigenvalue weighted by molar-refractivity contribution is 5.81. The molecule has 1 aliphatic rings. The number of nitrogens with one attached hydrogen (secondary N) is 2. The Morgan fingerprint density at radius 1 is 1.27 bits per heavy atom. The van der Waals surface area contributed by atoms with Crippen molar-refractivity contribution in [3.05, 3.63) is 42.1 Å². The van der Waals surface area contributed by atoms with Gasteiger partial charge in [0, 0.05) is 17.6 Å². The van der Waals surface area contributed by atoms with E-state index >= 15 is 0 Å². The highest BCUT2D eigenvalue weighted by Gasteiger charge is 2.19. The zero-order valence-corrected chi connectivity index (χ0v) is 12.1. The normalized spacial score (nSPS) is 12.6. The lowest BCUT2D eigenvalue weighted by Crippen LogP contribution is -2.00. The first-order valence-electron chi connectivity index (χ1n) is 6.97. The van der Waals surface area contributed by atoms with E-state index in [2.05, 4.69) is 21.6 Å². The van der Waals surface area contributed by atoms with E-state index in [0.717, 1.165) is 27.9 Å². The Morgan fingerprint density at radius 2 is 2.23 bits per heavy atom. The Kier molecular flexibility index (Phi) is 3.00.